The lowest BCUT2D eigenvalue weighted by Crippen LogP contribution is -2.47. The third-order valence-corrected chi connectivity index (χ3v) is 2.68. The number of aliphatic hydroxyl groups is 1. The van der Waals surface area contributed by atoms with E-state index in [9.17, 15) is 18.3 Å². The molecule has 18 heavy (non-hydrogen) atoms. The summed E-state index contributed by atoms with van der Waals surface area (Å²) in [5.41, 5.74) is -1.77. The van der Waals surface area contributed by atoms with Crippen molar-refractivity contribution in [1.82, 2.24) is 0 Å². The van der Waals surface area contributed by atoms with Crippen molar-refractivity contribution in [2.24, 2.45) is 0 Å². The summed E-state index contributed by atoms with van der Waals surface area (Å²) in [7, 11) is 0. The monoisotopic (exact) mass is 262 g/mol. The van der Waals surface area contributed by atoms with E-state index in [0.29, 0.717) is 18.6 Å². The fourth-order valence-corrected chi connectivity index (χ4v) is 1.25. The summed E-state index contributed by atoms with van der Waals surface area (Å²) in [6.45, 7) is 3.90. The minimum Gasteiger partial charge on any atom is -0.490 e. The fraction of sp³-hybridized carbons (Fsp3) is 0.538. The zero-order chi connectivity index (χ0) is 14.0. The van der Waals surface area contributed by atoms with Gasteiger partial charge < -0.3 is 9.84 Å². The van der Waals surface area contributed by atoms with Gasteiger partial charge >= 0.3 is 6.18 Å². The summed E-state index contributed by atoms with van der Waals surface area (Å²) < 4.78 is 42.1. The van der Waals surface area contributed by atoms with Crippen LogP contribution in [0.3, 0.4) is 0 Å². The topological polar surface area (TPSA) is 29.5 Å². The summed E-state index contributed by atoms with van der Waals surface area (Å²) in [6, 6.07) is 6.79. The standard InChI is InChI=1S/C13H17F3O2/c1-9(2)10-4-6-11(7-5-10)18-8-12(3,17)13(14,15)16/h4-7,9,17H,8H2,1-3H3/t12-/m1/s1. The maximum atomic E-state index is 12.4. The molecular formula is C13H17F3O2. The Labute approximate surface area is 104 Å². The molecule has 0 unspecified atom stereocenters. The SMILES string of the molecule is CC(C)c1ccc(OC[C@@](C)(O)C(F)(F)F)cc1. The first kappa shape index (κ1) is 14.8. The molecule has 1 N–H and O–H groups in total. The summed E-state index contributed by atoms with van der Waals surface area (Å²) in [4.78, 5) is 0. The van der Waals surface area contributed by atoms with E-state index in [1.165, 1.54) is 0 Å². The van der Waals surface area contributed by atoms with Gasteiger partial charge in [0.15, 0.2) is 5.60 Å². The summed E-state index contributed by atoms with van der Waals surface area (Å²) >= 11 is 0. The number of benzene rings is 1. The van der Waals surface area contributed by atoms with Gasteiger partial charge in [-0.3, -0.25) is 0 Å². The highest BCUT2D eigenvalue weighted by molar-refractivity contribution is 5.28. The fourth-order valence-electron chi connectivity index (χ4n) is 1.25. The van der Waals surface area contributed by atoms with E-state index in [2.05, 4.69) is 0 Å². The molecule has 0 radical (unpaired) electrons. The molecule has 0 spiro atoms. The Morgan fingerprint density at radius 3 is 2.06 bits per heavy atom. The van der Waals surface area contributed by atoms with E-state index < -0.39 is 18.4 Å². The van der Waals surface area contributed by atoms with Gasteiger partial charge in [-0.15, -0.1) is 0 Å². The van der Waals surface area contributed by atoms with Crippen LogP contribution in [0.4, 0.5) is 13.2 Å². The van der Waals surface area contributed by atoms with Crippen molar-refractivity contribution >= 4 is 0 Å². The predicted molar refractivity (Wildman–Crippen MR) is 62.7 cm³/mol. The molecule has 0 saturated heterocycles. The first-order valence-corrected chi connectivity index (χ1v) is 5.65. The molecule has 2 nitrogen and oxygen atoms in total. The molecule has 0 aromatic heterocycles. The second-order valence-electron chi connectivity index (χ2n) is 4.78. The van der Waals surface area contributed by atoms with Gasteiger partial charge in [-0.25, -0.2) is 0 Å². The minimum absolute atomic E-state index is 0.309. The Bertz CT molecular complexity index is 380. The van der Waals surface area contributed by atoms with Gasteiger partial charge in [0.2, 0.25) is 0 Å². The Morgan fingerprint density at radius 1 is 1.17 bits per heavy atom. The van der Waals surface area contributed by atoms with E-state index in [0.717, 1.165) is 5.56 Å². The lowest BCUT2D eigenvalue weighted by atomic mass is 10.0. The quantitative estimate of drug-likeness (QED) is 0.899. The molecule has 0 bridgehead atoms. The molecule has 1 aromatic rings. The highest BCUT2D eigenvalue weighted by atomic mass is 19.4. The summed E-state index contributed by atoms with van der Waals surface area (Å²) in [5.74, 6) is 0.654. The highest BCUT2D eigenvalue weighted by Gasteiger charge is 2.50. The van der Waals surface area contributed by atoms with Crippen LogP contribution in [0, 0.1) is 0 Å². The van der Waals surface area contributed by atoms with E-state index in [-0.39, 0.29) is 0 Å². The molecule has 0 amide bonds. The largest absolute Gasteiger partial charge is 0.490 e. The van der Waals surface area contributed by atoms with Crippen LogP contribution in [-0.2, 0) is 0 Å². The number of halogens is 3. The van der Waals surface area contributed by atoms with Gasteiger partial charge in [-0.1, -0.05) is 26.0 Å². The zero-order valence-electron chi connectivity index (χ0n) is 10.6. The van der Waals surface area contributed by atoms with E-state index in [1.54, 1.807) is 24.3 Å². The van der Waals surface area contributed by atoms with Gasteiger partial charge in [0.25, 0.3) is 0 Å². The first-order valence-electron chi connectivity index (χ1n) is 5.65. The number of hydrogen-bond donors (Lipinski definition) is 1. The maximum absolute atomic E-state index is 12.4. The molecule has 0 heterocycles. The van der Waals surface area contributed by atoms with Crippen LogP contribution >= 0.6 is 0 Å². The van der Waals surface area contributed by atoms with Gasteiger partial charge in [0.1, 0.15) is 12.4 Å². The number of hydrogen-bond acceptors (Lipinski definition) is 2. The Morgan fingerprint density at radius 2 is 1.67 bits per heavy atom. The van der Waals surface area contributed by atoms with Crippen molar-refractivity contribution in [3.8, 4) is 5.75 Å². The van der Waals surface area contributed by atoms with Gasteiger partial charge in [0, 0.05) is 0 Å². The summed E-state index contributed by atoms with van der Waals surface area (Å²) in [5, 5.41) is 9.21. The number of alkyl halides is 3. The molecular weight excluding hydrogens is 245 g/mol. The van der Waals surface area contributed by atoms with Crippen LogP contribution < -0.4 is 4.74 Å². The van der Waals surface area contributed by atoms with Gasteiger partial charge in [-0.05, 0) is 30.5 Å². The average molecular weight is 262 g/mol. The maximum Gasteiger partial charge on any atom is 0.420 e. The van der Waals surface area contributed by atoms with Crippen molar-refractivity contribution in [2.45, 2.75) is 38.5 Å². The third kappa shape index (κ3) is 3.63. The second kappa shape index (κ2) is 5.18. The lowest BCUT2D eigenvalue weighted by molar-refractivity contribution is -0.260. The molecule has 1 aromatic carbocycles. The van der Waals surface area contributed by atoms with Crippen LogP contribution in [0.2, 0.25) is 0 Å². The molecule has 0 aliphatic rings. The van der Waals surface area contributed by atoms with Gasteiger partial charge in [0.05, 0.1) is 0 Å². The van der Waals surface area contributed by atoms with Crippen LogP contribution in [0.15, 0.2) is 24.3 Å². The van der Waals surface area contributed by atoms with E-state index >= 15 is 0 Å². The minimum atomic E-state index is -4.70. The highest BCUT2D eigenvalue weighted by Crippen LogP contribution is 2.30. The van der Waals surface area contributed by atoms with Crippen molar-refractivity contribution in [3.63, 3.8) is 0 Å². The van der Waals surface area contributed by atoms with E-state index in [4.69, 9.17) is 4.74 Å². The smallest absolute Gasteiger partial charge is 0.420 e. The van der Waals surface area contributed by atoms with E-state index in [1.807, 2.05) is 13.8 Å². The molecule has 0 aliphatic carbocycles. The average Bonchev–Trinajstić information content (AvgIpc) is 2.25. The zero-order valence-corrected chi connectivity index (χ0v) is 10.6. The molecule has 1 rings (SSSR count). The first-order chi connectivity index (χ1) is 8.13. The Kier molecular flexibility index (Phi) is 4.27. The van der Waals surface area contributed by atoms with Crippen LogP contribution in [0.5, 0.6) is 5.75 Å². The van der Waals surface area contributed by atoms with Crippen molar-refractivity contribution in [3.05, 3.63) is 29.8 Å². The van der Waals surface area contributed by atoms with Gasteiger partial charge in [-0.2, -0.15) is 13.2 Å². The molecule has 102 valence electrons. The van der Waals surface area contributed by atoms with Crippen LogP contribution in [0.1, 0.15) is 32.3 Å². The number of rotatable bonds is 4. The van der Waals surface area contributed by atoms with Crippen molar-refractivity contribution in [1.29, 1.82) is 0 Å². The van der Waals surface area contributed by atoms with Crippen molar-refractivity contribution < 1.29 is 23.0 Å². The molecule has 0 saturated carbocycles. The molecule has 0 fully saturated rings. The second-order valence-corrected chi connectivity index (χ2v) is 4.78. The van der Waals surface area contributed by atoms with Crippen molar-refractivity contribution in [2.75, 3.05) is 6.61 Å². The molecule has 0 aliphatic heterocycles. The predicted octanol–water partition coefficient (Wildman–Crippen LogP) is 3.50. The number of ether oxygens (including phenoxy) is 1. The Hall–Kier alpha value is -1.23. The summed E-state index contributed by atoms with van der Waals surface area (Å²) in [6.07, 6.45) is -4.70. The van der Waals surface area contributed by atoms with Crippen LogP contribution in [-0.4, -0.2) is 23.5 Å². The third-order valence-electron chi connectivity index (χ3n) is 2.68. The van der Waals surface area contributed by atoms with Crippen LogP contribution in [0.25, 0.3) is 0 Å². The lowest BCUT2D eigenvalue weighted by Gasteiger charge is -2.26. The Balaban J connectivity index is 2.64. The molecule has 5 heteroatoms. The molecule has 1 atom stereocenters. The normalized spacial score (nSPS) is 15.6.